The number of hydrogen-bond donors (Lipinski definition) is 0. The Morgan fingerprint density at radius 2 is 2.17 bits per heavy atom. The second kappa shape index (κ2) is 5.82. The monoisotopic (exact) mass is 242 g/mol. The Labute approximate surface area is 106 Å². The third kappa shape index (κ3) is 3.31. The van der Waals surface area contributed by atoms with E-state index in [2.05, 4.69) is 9.72 Å². The van der Waals surface area contributed by atoms with E-state index in [1.165, 1.54) is 18.7 Å². The molecule has 1 heterocycles. The Hall–Kier alpha value is -2.36. The lowest BCUT2D eigenvalue weighted by atomic mass is 10.1. The van der Waals surface area contributed by atoms with Crippen LogP contribution >= 0.6 is 0 Å². The molecule has 0 fully saturated rings. The number of esters is 1. The van der Waals surface area contributed by atoms with Crippen LogP contribution in [0.3, 0.4) is 0 Å². The first-order valence-electron chi connectivity index (χ1n) is 5.58. The van der Waals surface area contributed by atoms with Crippen LogP contribution in [0, 0.1) is 0 Å². The second-order valence-corrected chi connectivity index (χ2v) is 3.83. The van der Waals surface area contributed by atoms with Crippen LogP contribution in [0.4, 0.5) is 0 Å². The molecule has 0 amide bonds. The molecule has 0 spiro atoms. The molecule has 0 saturated heterocycles. The Balaban J connectivity index is 2.01. The normalized spacial score (nSPS) is 10.7. The number of benzene rings is 1. The molecule has 0 atom stereocenters. The zero-order chi connectivity index (χ0) is 12.8. The molecular formula is C14H14N2O2. The van der Waals surface area contributed by atoms with Gasteiger partial charge < -0.3 is 9.30 Å². The molecule has 0 bridgehead atoms. The number of aromatic nitrogens is 2. The highest BCUT2D eigenvalue weighted by Crippen LogP contribution is 2.08. The van der Waals surface area contributed by atoms with E-state index in [0.29, 0.717) is 0 Å². The number of hydrogen-bond acceptors (Lipinski definition) is 3. The van der Waals surface area contributed by atoms with Gasteiger partial charge in [-0.05, 0) is 17.2 Å². The lowest BCUT2D eigenvalue weighted by Crippen LogP contribution is -1.96. The van der Waals surface area contributed by atoms with Gasteiger partial charge in [0.25, 0.3) is 0 Å². The maximum atomic E-state index is 10.9. The minimum atomic E-state index is -0.350. The lowest BCUT2D eigenvalue weighted by molar-refractivity contribution is -0.134. The summed E-state index contributed by atoms with van der Waals surface area (Å²) in [6.07, 6.45) is 8.60. The first kappa shape index (κ1) is 12.1. The number of nitrogens with zero attached hydrogens (tertiary/aromatic N) is 2. The largest absolute Gasteiger partial charge is 0.466 e. The van der Waals surface area contributed by atoms with Gasteiger partial charge in [-0.3, -0.25) is 0 Å². The van der Waals surface area contributed by atoms with Gasteiger partial charge in [0.05, 0.1) is 13.4 Å². The van der Waals surface area contributed by atoms with E-state index in [9.17, 15) is 4.79 Å². The van der Waals surface area contributed by atoms with Crippen molar-refractivity contribution in [3.8, 4) is 0 Å². The summed E-state index contributed by atoms with van der Waals surface area (Å²) in [5.41, 5.74) is 2.15. The summed E-state index contributed by atoms with van der Waals surface area (Å²) in [5.74, 6) is -0.350. The van der Waals surface area contributed by atoms with Gasteiger partial charge in [0, 0.05) is 25.0 Å². The fourth-order valence-corrected chi connectivity index (χ4v) is 1.56. The summed E-state index contributed by atoms with van der Waals surface area (Å²) >= 11 is 0. The molecule has 2 aromatic rings. The molecule has 4 nitrogen and oxygen atoms in total. The predicted molar refractivity (Wildman–Crippen MR) is 68.8 cm³/mol. The van der Waals surface area contributed by atoms with Crippen molar-refractivity contribution in [2.45, 2.75) is 6.54 Å². The fraction of sp³-hybridized carbons (Fsp3) is 0.143. The molecule has 1 aromatic carbocycles. The molecule has 18 heavy (non-hydrogen) atoms. The highest BCUT2D eigenvalue weighted by molar-refractivity contribution is 5.86. The average Bonchev–Trinajstić information content (AvgIpc) is 2.90. The summed E-state index contributed by atoms with van der Waals surface area (Å²) in [6.45, 7) is 0.793. The van der Waals surface area contributed by atoms with Gasteiger partial charge in [0.1, 0.15) is 0 Å². The van der Waals surface area contributed by atoms with Crippen LogP contribution in [0.1, 0.15) is 11.1 Å². The molecule has 0 saturated carbocycles. The average molecular weight is 242 g/mol. The number of ether oxygens (including phenoxy) is 1. The minimum absolute atomic E-state index is 0.350. The Bertz CT molecular complexity index is 527. The van der Waals surface area contributed by atoms with Crippen LogP contribution in [-0.2, 0) is 16.1 Å². The van der Waals surface area contributed by atoms with E-state index >= 15 is 0 Å². The first-order chi connectivity index (χ1) is 8.78. The number of carbonyl (C=O) groups excluding carboxylic acids is 1. The van der Waals surface area contributed by atoms with Crippen molar-refractivity contribution in [2.24, 2.45) is 0 Å². The number of carbonyl (C=O) groups is 1. The van der Waals surface area contributed by atoms with Gasteiger partial charge >= 0.3 is 5.97 Å². The minimum Gasteiger partial charge on any atom is -0.466 e. The van der Waals surface area contributed by atoms with E-state index in [1.54, 1.807) is 18.6 Å². The molecule has 0 aliphatic rings. The van der Waals surface area contributed by atoms with Crippen LogP contribution < -0.4 is 0 Å². The Kier molecular flexibility index (Phi) is 3.91. The molecule has 0 aliphatic heterocycles. The molecular weight excluding hydrogens is 228 g/mol. The zero-order valence-corrected chi connectivity index (χ0v) is 10.1. The lowest BCUT2D eigenvalue weighted by Gasteiger charge is -2.02. The molecule has 4 heteroatoms. The van der Waals surface area contributed by atoms with Crippen LogP contribution in [0.2, 0.25) is 0 Å². The van der Waals surface area contributed by atoms with Crippen molar-refractivity contribution in [1.82, 2.24) is 9.55 Å². The topological polar surface area (TPSA) is 44.1 Å². The smallest absolute Gasteiger partial charge is 0.330 e. The Morgan fingerprint density at radius 3 is 2.78 bits per heavy atom. The zero-order valence-electron chi connectivity index (χ0n) is 10.1. The van der Waals surface area contributed by atoms with Crippen molar-refractivity contribution in [2.75, 3.05) is 7.11 Å². The first-order valence-corrected chi connectivity index (χ1v) is 5.58. The Morgan fingerprint density at radius 1 is 1.39 bits per heavy atom. The molecule has 0 unspecified atom stereocenters. The maximum absolute atomic E-state index is 10.9. The second-order valence-electron chi connectivity index (χ2n) is 3.83. The molecule has 0 radical (unpaired) electrons. The van der Waals surface area contributed by atoms with Gasteiger partial charge in [-0.1, -0.05) is 24.3 Å². The standard InChI is InChI=1S/C14H14N2O2/c1-18-14(17)7-6-12-2-4-13(5-3-12)10-16-9-8-15-11-16/h2-9,11H,10H2,1H3. The van der Waals surface area contributed by atoms with Gasteiger partial charge in [0.2, 0.25) is 0 Å². The molecule has 92 valence electrons. The third-order valence-electron chi connectivity index (χ3n) is 2.52. The van der Waals surface area contributed by atoms with E-state index in [-0.39, 0.29) is 5.97 Å². The molecule has 0 aliphatic carbocycles. The van der Waals surface area contributed by atoms with Crippen molar-refractivity contribution >= 4 is 12.0 Å². The van der Waals surface area contributed by atoms with Crippen LogP contribution in [0.15, 0.2) is 49.1 Å². The highest BCUT2D eigenvalue weighted by Gasteiger charge is 1.95. The van der Waals surface area contributed by atoms with Gasteiger partial charge in [0.15, 0.2) is 0 Å². The number of imidazole rings is 1. The van der Waals surface area contributed by atoms with Gasteiger partial charge in [-0.15, -0.1) is 0 Å². The summed E-state index contributed by atoms with van der Waals surface area (Å²) in [6, 6.07) is 7.98. The number of rotatable bonds is 4. The summed E-state index contributed by atoms with van der Waals surface area (Å²) in [5, 5.41) is 0. The SMILES string of the molecule is COC(=O)C=Cc1ccc(Cn2ccnc2)cc1. The molecule has 1 aromatic heterocycles. The third-order valence-corrected chi connectivity index (χ3v) is 2.52. The van der Waals surface area contributed by atoms with Crippen molar-refractivity contribution in [3.63, 3.8) is 0 Å². The van der Waals surface area contributed by atoms with Crippen LogP contribution in [0.25, 0.3) is 6.08 Å². The molecule has 0 N–H and O–H groups in total. The van der Waals surface area contributed by atoms with E-state index < -0.39 is 0 Å². The van der Waals surface area contributed by atoms with Gasteiger partial charge in [-0.25, -0.2) is 9.78 Å². The van der Waals surface area contributed by atoms with E-state index in [1.807, 2.05) is 35.0 Å². The van der Waals surface area contributed by atoms with E-state index in [4.69, 9.17) is 0 Å². The summed E-state index contributed by atoms with van der Waals surface area (Å²) in [7, 11) is 1.36. The fourth-order valence-electron chi connectivity index (χ4n) is 1.56. The van der Waals surface area contributed by atoms with Crippen molar-refractivity contribution < 1.29 is 9.53 Å². The van der Waals surface area contributed by atoms with Crippen molar-refractivity contribution in [1.29, 1.82) is 0 Å². The van der Waals surface area contributed by atoms with Crippen LogP contribution in [-0.4, -0.2) is 22.6 Å². The van der Waals surface area contributed by atoms with Crippen molar-refractivity contribution in [3.05, 3.63) is 60.2 Å². The maximum Gasteiger partial charge on any atom is 0.330 e. The van der Waals surface area contributed by atoms with Gasteiger partial charge in [-0.2, -0.15) is 0 Å². The molecule has 2 rings (SSSR count). The summed E-state index contributed by atoms with van der Waals surface area (Å²) in [4.78, 5) is 14.9. The quantitative estimate of drug-likeness (QED) is 0.609. The van der Waals surface area contributed by atoms with Crippen LogP contribution in [0.5, 0.6) is 0 Å². The summed E-state index contributed by atoms with van der Waals surface area (Å²) < 4.78 is 6.53. The van der Waals surface area contributed by atoms with E-state index in [0.717, 1.165) is 12.1 Å². The number of methoxy groups -OCH3 is 1. The highest BCUT2D eigenvalue weighted by atomic mass is 16.5. The predicted octanol–water partition coefficient (Wildman–Crippen LogP) is 2.12.